The summed E-state index contributed by atoms with van der Waals surface area (Å²) in [5.74, 6) is 2.09. The Hall–Kier alpha value is -2.17. The van der Waals surface area contributed by atoms with E-state index in [0.717, 1.165) is 32.1 Å². The minimum Gasteiger partial charge on any atom is -0.333 e. The van der Waals surface area contributed by atoms with Gasteiger partial charge in [0.05, 0.1) is 26.3 Å². The van der Waals surface area contributed by atoms with Gasteiger partial charge >= 0.3 is 0 Å². The van der Waals surface area contributed by atoms with Gasteiger partial charge in [-0.3, -0.25) is 4.90 Å². The van der Waals surface area contributed by atoms with Gasteiger partial charge in [-0.1, -0.05) is 6.07 Å². The van der Waals surface area contributed by atoms with Crippen LogP contribution in [0.2, 0.25) is 0 Å². The molecule has 0 amide bonds. The second kappa shape index (κ2) is 5.22. The molecule has 0 atom stereocenters. The monoisotopic (exact) mass is 256 g/mol. The molecule has 0 bridgehead atoms. The third-order valence-electron chi connectivity index (χ3n) is 3.47. The molecule has 98 valence electrons. The Kier molecular flexibility index (Phi) is 3.27. The van der Waals surface area contributed by atoms with Gasteiger partial charge in [0.2, 0.25) is 5.95 Å². The first-order valence-corrected chi connectivity index (χ1v) is 6.56. The molecule has 0 saturated carbocycles. The van der Waals surface area contributed by atoms with Crippen molar-refractivity contribution in [1.82, 2.24) is 9.97 Å². The standard InChI is InChI=1S/C14H18N5/c1-17-8-3-2-5-13(17)18-9-11-19(12-10-18)14-15-6-4-7-16-14/h2-8H,9-12H2,1H3/q+1. The molecule has 1 aliphatic heterocycles. The van der Waals surface area contributed by atoms with Crippen molar-refractivity contribution in [3.63, 3.8) is 0 Å². The highest BCUT2D eigenvalue weighted by molar-refractivity contribution is 5.38. The van der Waals surface area contributed by atoms with Crippen molar-refractivity contribution < 1.29 is 4.57 Å². The quantitative estimate of drug-likeness (QED) is 0.738. The molecule has 0 spiro atoms. The van der Waals surface area contributed by atoms with Gasteiger partial charge in [0, 0.05) is 18.5 Å². The maximum Gasteiger partial charge on any atom is 0.276 e. The fourth-order valence-corrected chi connectivity index (χ4v) is 2.43. The number of nitrogens with zero attached hydrogens (tertiary/aromatic N) is 5. The average Bonchev–Trinajstić information content (AvgIpc) is 2.49. The lowest BCUT2D eigenvalue weighted by molar-refractivity contribution is -0.659. The number of hydrogen-bond donors (Lipinski definition) is 0. The van der Waals surface area contributed by atoms with E-state index in [9.17, 15) is 0 Å². The SMILES string of the molecule is C[n+]1ccccc1N1CCN(c2ncccn2)CC1. The van der Waals surface area contributed by atoms with Crippen LogP contribution in [0.15, 0.2) is 42.9 Å². The summed E-state index contributed by atoms with van der Waals surface area (Å²) in [6.07, 6.45) is 5.68. The van der Waals surface area contributed by atoms with Gasteiger partial charge in [-0.15, -0.1) is 0 Å². The van der Waals surface area contributed by atoms with E-state index in [1.165, 1.54) is 5.82 Å². The fourth-order valence-electron chi connectivity index (χ4n) is 2.43. The Bertz CT molecular complexity index is 535. The van der Waals surface area contributed by atoms with Crippen LogP contribution in [-0.2, 0) is 7.05 Å². The summed E-state index contributed by atoms with van der Waals surface area (Å²) >= 11 is 0. The summed E-state index contributed by atoms with van der Waals surface area (Å²) in [4.78, 5) is 13.3. The van der Waals surface area contributed by atoms with Crippen molar-refractivity contribution >= 4 is 11.8 Å². The van der Waals surface area contributed by atoms with Gasteiger partial charge in [-0.2, -0.15) is 0 Å². The van der Waals surface area contributed by atoms with Crippen LogP contribution >= 0.6 is 0 Å². The van der Waals surface area contributed by atoms with Gasteiger partial charge in [0.1, 0.15) is 13.1 Å². The number of aryl methyl sites for hydroxylation is 1. The van der Waals surface area contributed by atoms with Crippen LogP contribution in [0.3, 0.4) is 0 Å². The molecule has 2 aromatic rings. The molecule has 3 rings (SSSR count). The molecule has 0 unspecified atom stereocenters. The molecule has 0 N–H and O–H groups in total. The van der Waals surface area contributed by atoms with Crippen LogP contribution in [0.5, 0.6) is 0 Å². The van der Waals surface area contributed by atoms with Crippen molar-refractivity contribution in [2.45, 2.75) is 0 Å². The Balaban J connectivity index is 1.69. The molecule has 2 aromatic heterocycles. The largest absolute Gasteiger partial charge is 0.333 e. The second-order valence-electron chi connectivity index (χ2n) is 4.69. The van der Waals surface area contributed by atoms with Gasteiger partial charge in [0.15, 0.2) is 0 Å². The molecular weight excluding hydrogens is 238 g/mol. The van der Waals surface area contributed by atoms with Crippen LogP contribution in [-0.4, -0.2) is 36.1 Å². The van der Waals surface area contributed by atoms with E-state index in [0.29, 0.717) is 0 Å². The molecule has 5 nitrogen and oxygen atoms in total. The Morgan fingerprint density at radius 2 is 1.63 bits per heavy atom. The van der Waals surface area contributed by atoms with E-state index >= 15 is 0 Å². The van der Waals surface area contributed by atoms with Gasteiger partial charge in [0.25, 0.3) is 5.82 Å². The lowest BCUT2D eigenvalue weighted by atomic mass is 10.3. The highest BCUT2D eigenvalue weighted by atomic mass is 15.3. The lowest BCUT2D eigenvalue weighted by Gasteiger charge is -2.31. The van der Waals surface area contributed by atoms with Gasteiger partial charge in [-0.25, -0.2) is 14.5 Å². The number of rotatable bonds is 2. The number of hydrogen-bond acceptors (Lipinski definition) is 4. The Morgan fingerprint density at radius 1 is 0.947 bits per heavy atom. The Morgan fingerprint density at radius 3 is 2.32 bits per heavy atom. The number of piperazine rings is 1. The summed E-state index contributed by atoms with van der Waals surface area (Å²) in [7, 11) is 2.09. The summed E-state index contributed by atoms with van der Waals surface area (Å²) in [6.45, 7) is 3.91. The average molecular weight is 256 g/mol. The first-order chi connectivity index (χ1) is 9.34. The highest BCUT2D eigenvalue weighted by Crippen LogP contribution is 2.14. The predicted molar refractivity (Wildman–Crippen MR) is 74.1 cm³/mol. The van der Waals surface area contributed by atoms with Crippen molar-refractivity contribution in [2.75, 3.05) is 36.0 Å². The highest BCUT2D eigenvalue weighted by Gasteiger charge is 2.25. The molecular formula is C14H18N5+. The van der Waals surface area contributed by atoms with E-state index in [-0.39, 0.29) is 0 Å². The predicted octanol–water partition coefficient (Wildman–Crippen LogP) is 0.628. The summed E-state index contributed by atoms with van der Waals surface area (Å²) in [5, 5.41) is 0. The van der Waals surface area contributed by atoms with Crippen LogP contribution < -0.4 is 14.4 Å². The molecule has 1 saturated heterocycles. The third-order valence-corrected chi connectivity index (χ3v) is 3.47. The summed E-state index contributed by atoms with van der Waals surface area (Å²) in [6, 6.07) is 8.15. The van der Waals surface area contributed by atoms with Gasteiger partial charge < -0.3 is 4.90 Å². The van der Waals surface area contributed by atoms with E-state index in [1.807, 2.05) is 6.07 Å². The Labute approximate surface area is 113 Å². The molecule has 3 heterocycles. The normalized spacial score (nSPS) is 15.6. The lowest BCUT2D eigenvalue weighted by Crippen LogP contribution is -2.50. The molecule has 0 aliphatic carbocycles. The van der Waals surface area contributed by atoms with Crippen molar-refractivity contribution in [3.8, 4) is 0 Å². The summed E-state index contributed by atoms with van der Waals surface area (Å²) < 4.78 is 2.16. The van der Waals surface area contributed by atoms with Crippen LogP contribution in [0.1, 0.15) is 0 Å². The van der Waals surface area contributed by atoms with Crippen molar-refractivity contribution in [3.05, 3.63) is 42.9 Å². The van der Waals surface area contributed by atoms with Crippen LogP contribution in [0, 0.1) is 0 Å². The maximum atomic E-state index is 4.31. The smallest absolute Gasteiger partial charge is 0.276 e. The van der Waals surface area contributed by atoms with Crippen molar-refractivity contribution in [2.24, 2.45) is 7.05 Å². The fraction of sp³-hybridized carbons (Fsp3) is 0.357. The first kappa shape index (κ1) is 11.9. The number of aromatic nitrogens is 3. The zero-order valence-corrected chi connectivity index (χ0v) is 11.1. The summed E-state index contributed by atoms with van der Waals surface area (Å²) in [5.41, 5.74) is 0. The first-order valence-electron chi connectivity index (χ1n) is 6.56. The third kappa shape index (κ3) is 2.50. The van der Waals surface area contributed by atoms with Crippen LogP contribution in [0.25, 0.3) is 0 Å². The van der Waals surface area contributed by atoms with E-state index in [2.05, 4.69) is 55.8 Å². The topological polar surface area (TPSA) is 36.1 Å². The molecule has 0 aromatic carbocycles. The van der Waals surface area contributed by atoms with E-state index in [1.54, 1.807) is 12.4 Å². The minimum atomic E-state index is 0.833. The zero-order valence-electron chi connectivity index (χ0n) is 11.1. The number of anilines is 2. The molecule has 5 heteroatoms. The molecule has 1 aliphatic rings. The number of pyridine rings is 1. The minimum absolute atomic E-state index is 0.833. The molecule has 0 radical (unpaired) electrons. The van der Waals surface area contributed by atoms with E-state index in [4.69, 9.17) is 0 Å². The molecule has 19 heavy (non-hydrogen) atoms. The zero-order chi connectivity index (χ0) is 13.1. The maximum absolute atomic E-state index is 4.31. The van der Waals surface area contributed by atoms with Crippen LogP contribution in [0.4, 0.5) is 11.8 Å². The van der Waals surface area contributed by atoms with Gasteiger partial charge in [-0.05, 0) is 12.1 Å². The second-order valence-corrected chi connectivity index (χ2v) is 4.69. The van der Waals surface area contributed by atoms with Crippen molar-refractivity contribution in [1.29, 1.82) is 0 Å². The van der Waals surface area contributed by atoms with E-state index < -0.39 is 0 Å². The molecule has 1 fully saturated rings.